The minimum Gasteiger partial charge on any atom is -0.273 e. The highest BCUT2D eigenvalue weighted by molar-refractivity contribution is 8.26. The minimum absolute atomic E-state index is 0.256. The molecule has 0 bridgehead atoms. The topological polar surface area (TPSA) is 49.4 Å². The molecular formula is C13H11ClN2O2S2. The number of nitrogens with zero attached hydrogens (tertiary/aromatic N) is 1. The van der Waals surface area contributed by atoms with Crippen LogP contribution in [0.25, 0.3) is 6.08 Å². The molecule has 0 spiro atoms. The van der Waals surface area contributed by atoms with Crippen molar-refractivity contribution in [3.8, 4) is 0 Å². The van der Waals surface area contributed by atoms with Crippen molar-refractivity contribution in [3.63, 3.8) is 0 Å². The lowest BCUT2D eigenvalue weighted by Gasteiger charge is -2.14. The molecule has 0 aromatic heterocycles. The van der Waals surface area contributed by atoms with Gasteiger partial charge in [0.2, 0.25) is 5.91 Å². The number of amides is 2. The molecule has 1 aromatic carbocycles. The minimum atomic E-state index is -0.322. The summed E-state index contributed by atoms with van der Waals surface area (Å²) in [5, 5.41) is 1.73. The highest BCUT2D eigenvalue weighted by Crippen LogP contribution is 2.31. The van der Waals surface area contributed by atoms with Crippen molar-refractivity contribution in [1.29, 1.82) is 0 Å². The van der Waals surface area contributed by atoms with Crippen molar-refractivity contribution < 1.29 is 9.59 Å². The Hall–Kier alpha value is -1.37. The number of halogens is 1. The average Bonchev–Trinajstić information content (AvgIpc) is 2.69. The zero-order chi connectivity index (χ0) is 14.7. The van der Waals surface area contributed by atoms with E-state index in [1.54, 1.807) is 37.3 Å². The predicted molar refractivity (Wildman–Crippen MR) is 84.9 cm³/mol. The van der Waals surface area contributed by atoms with Crippen molar-refractivity contribution in [2.24, 2.45) is 0 Å². The number of hydrazine groups is 1. The molecule has 1 fully saturated rings. The van der Waals surface area contributed by atoms with Gasteiger partial charge in [-0.2, -0.15) is 5.01 Å². The molecule has 1 heterocycles. The van der Waals surface area contributed by atoms with Gasteiger partial charge in [-0.25, -0.2) is 0 Å². The molecule has 0 saturated carbocycles. The Morgan fingerprint density at radius 2 is 2.10 bits per heavy atom. The molecule has 0 radical (unpaired) electrons. The largest absolute Gasteiger partial charge is 0.285 e. The fourth-order valence-electron chi connectivity index (χ4n) is 1.48. The van der Waals surface area contributed by atoms with Gasteiger partial charge in [-0.05, 0) is 36.0 Å². The van der Waals surface area contributed by atoms with Gasteiger partial charge in [0.1, 0.15) is 0 Å². The fourth-order valence-corrected chi connectivity index (χ4v) is 2.78. The third-order valence-corrected chi connectivity index (χ3v) is 4.07. The number of thiocarbonyl (C=S) groups is 1. The second-order valence-corrected chi connectivity index (χ2v) is 6.07. The molecule has 0 aliphatic carbocycles. The number of carbonyl (C=O) groups excluding carboxylic acids is 2. The summed E-state index contributed by atoms with van der Waals surface area (Å²) in [6.07, 6.45) is 2.00. The van der Waals surface area contributed by atoms with Crippen LogP contribution in [-0.4, -0.2) is 21.1 Å². The second-order valence-electron chi connectivity index (χ2n) is 3.96. The van der Waals surface area contributed by atoms with Crippen molar-refractivity contribution in [2.75, 3.05) is 0 Å². The molecule has 1 aliphatic heterocycles. The molecule has 2 rings (SSSR count). The summed E-state index contributed by atoms with van der Waals surface area (Å²) < 4.78 is 0.317. The van der Waals surface area contributed by atoms with Crippen LogP contribution in [0.2, 0.25) is 5.02 Å². The fraction of sp³-hybridized carbons (Fsp3) is 0.154. The van der Waals surface area contributed by atoms with Crippen LogP contribution in [0.3, 0.4) is 0 Å². The Kier molecular flexibility index (Phi) is 4.80. The summed E-state index contributed by atoms with van der Waals surface area (Å²) in [6.45, 7) is 1.70. The Morgan fingerprint density at radius 3 is 2.70 bits per heavy atom. The first-order valence-corrected chi connectivity index (χ1v) is 7.44. The summed E-state index contributed by atoms with van der Waals surface area (Å²) in [5.41, 5.74) is 3.32. The van der Waals surface area contributed by atoms with E-state index in [1.807, 2.05) is 0 Å². The van der Waals surface area contributed by atoms with E-state index in [9.17, 15) is 9.59 Å². The van der Waals surface area contributed by atoms with Crippen LogP contribution < -0.4 is 5.43 Å². The SMILES string of the molecule is CCC(=O)NN1C(=O)/C(=C\c2ccc(Cl)cc2)SC1=S. The number of carbonyl (C=O) groups is 2. The van der Waals surface area contributed by atoms with E-state index in [0.29, 0.717) is 14.2 Å². The molecule has 2 amide bonds. The molecule has 1 aromatic rings. The lowest BCUT2D eigenvalue weighted by molar-refractivity contribution is -0.132. The van der Waals surface area contributed by atoms with Gasteiger partial charge in [-0.15, -0.1) is 0 Å². The standard InChI is InChI=1S/C13H11ClN2O2S2/c1-2-11(17)15-16-12(18)10(20-13(16)19)7-8-3-5-9(14)6-4-8/h3-7H,2H2,1H3,(H,15,17)/b10-7+. The Bertz CT molecular complexity index is 599. The zero-order valence-electron chi connectivity index (χ0n) is 10.6. The molecule has 1 N–H and O–H groups in total. The van der Waals surface area contributed by atoms with E-state index in [4.69, 9.17) is 23.8 Å². The van der Waals surface area contributed by atoms with Crippen LogP contribution in [0, 0.1) is 0 Å². The summed E-state index contributed by atoms with van der Waals surface area (Å²) in [5.74, 6) is -0.578. The molecule has 0 unspecified atom stereocenters. The summed E-state index contributed by atoms with van der Waals surface area (Å²) in [4.78, 5) is 24.0. The number of thioether (sulfide) groups is 1. The summed E-state index contributed by atoms with van der Waals surface area (Å²) in [6, 6.07) is 7.10. The van der Waals surface area contributed by atoms with Gasteiger partial charge >= 0.3 is 0 Å². The summed E-state index contributed by atoms with van der Waals surface area (Å²) >= 11 is 12.1. The van der Waals surface area contributed by atoms with Gasteiger partial charge in [-0.3, -0.25) is 15.0 Å². The highest BCUT2D eigenvalue weighted by Gasteiger charge is 2.33. The van der Waals surface area contributed by atoms with E-state index in [0.717, 1.165) is 22.3 Å². The molecular weight excluding hydrogens is 316 g/mol. The number of nitrogens with one attached hydrogen (secondary N) is 1. The van der Waals surface area contributed by atoms with E-state index >= 15 is 0 Å². The van der Waals surface area contributed by atoms with Crippen molar-refractivity contribution in [3.05, 3.63) is 39.8 Å². The van der Waals surface area contributed by atoms with E-state index in [1.165, 1.54) is 0 Å². The average molecular weight is 327 g/mol. The van der Waals surface area contributed by atoms with Crippen molar-refractivity contribution in [2.45, 2.75) is 13.3 Å². The number of rotatable bonds is 3. The lowest BCUT2D eigenvalue weighted by Crippen LogP contribution is -2.44. The van der Waals surface area contributed by atoms with Gasteiger partial charge in [0.15, 0.2) is 4.32 Å². The number of benzene rings is 1. The number of hydrogen-bond donors (Lipinski definition) is 1. The van der Waals surface area contributed by atoms with Gasteiger partial charge in [0.25, 0.3) is 5.91 Å². The molecule has 104 valence electrons. The smallest absolute Gasteiger partial charge is 0.273 e. The number of hydrogen-bond acceptors (Lipinski definition) is 4. The predicted octanol–water partition coefficient (Wildman–Crippen LogP) is 2.98. The van der Waals surface area contributed by atoms with Gasteiger partial charge in [-0.1, -0.05) is 42.4 Å². The normalized spacial score (nSPS) is 16.9. The van der Waals surface area contributed by atoms with E-state index in [-0.39, 0.29) is 18.2 Å². The molecule has 0 atom stereocenters. The van der Waals surface area contributed by atoms with Crippen molar-refractivity contribution in [1.82, 2.24) is 10.4 Å². The van der Waals surface area contributed by atoms with Crippen LogP contribution in [0.15, 0.2) is 29.2 Å². The van der Waals surface area contributed by atoms with Crippen molar-refractivity contribution >= 4 is 57.8 Å². The zero-order valence-corrected chi connectivity index (χ0v) is 12.9. The van der Waals surface area contributed by atoms with Gasteiger partial charge in [0, 0.05) is 11.4 Å². The first-order valence-electron chi connectivity index (χ1n) is 5.84. The van der Waals surface area contributed by atoms with E-state index < -0.39 is 0 Å². The van der Waals surface area contributed by atoms with Crippen LogP contribution in [0.5, 0.6) is 0 Å². The molecule has 1 saturated heterocycles. The van der Waals surface area contributed by atoms with Crippen LogP contribution in [-0.2, 0) is 9.59 Å². The first-order chi connectivity index (χ1) is 9.51. The Balaban J connectivity index is 2.19. The maximum atomic E-state index is 12.1. The van der Waals surface area contributed by atoms with Gasteiger partial charge in [0.05, 0.1) is 4.91 Å². The third kappa shape index (κ3) is 3.39. The van der Waals surface area contributed by atoms with E-state index in [2.05, 4.69) is 5.43 Å². The third-order valence-electron chi connectivity index (χ3n) is 2.52. The maximum absolute atomic E-state index is 12.1. The van der Waals surface area contributed by atoms with Crippen LogP contribution in [0.1, 0.15) is 18.9 Å². The Morgan fingerprint density at radius 1 is 1.45 bits per heavy atom. The molecule has 1 aliphatic rings. The van der Waals surface area contributed by atoms with Gasteiger partial charge < -0.3 is 0 Å². The Labute approximate surface area is 131 Å². The maximum Gasteiger partial charge on any atom is 0.285 e. The molecule has 4 nitrogen and oxygen atoms in total. The molecule has 7 heteroatoms. The highest BCUT2D eigenvalue weighted by atomic mass is 35.5. The quantitative estimate of drug-likeness (QED) is 0.685. The van der Waals surface area contributed by atoms with Crippen LogP contribution >= 0.6 is 35.6 Å². The first kappa shape index (κ1) is 15.0. The summed E-state index contributed by atoms with van der Waals surface area (Å²) in [7, 11) is 0. The molecule has 20 heavy (non-hydrogen) atoms. The lowest BCUT2D eigenvalue weighted by atomic mass is 10.2. The van der Waals surface area contributed by atoms with Crippen LogP contribution in [0.4, 0.5) is 0 Å². The second kappa shape index (κ2) is 6.39. The monoisotopic (exact) mass is 326 g/mol.